The lowest BCUT2D eigenvalue weighted by molar-refractivity contribution is -0.140. The zero-order valence-electron chi connectivity index (χ0n) is 9.28. The lowest BCUT2D eigenvalue weighted by Gasteiger charge is -2.02. The third-order valence-corrected chi connectivity index (χ3v) is 2.71. The fraction of sp³-hybridized carbons (Fsp3) is 0.500. The van der Waals surface area contributed by atoms with Gasteiger partial charge in [0.25, 0.3) is 0 Å². The number of hydrogen-bond acceptors (Lipinski definition) is 5. The van der Waals surface area contributed by atoms with Crippen molar-refractivity contribution < 1.29 is 14.3 Å². The van der Waals surface area contributed by atoms with Crippen molar-refractivity contribution in [3.8, 4) is 0 Å². The third-order valence-electron chi connectivity index (χ3n) is 1.89. The van der Waals surface area contributed by atoms with Gasteiger partial charge >= 0.3 is 5.97 Å². The zero-order chi connectivity index (χ0) is 12.0. The summed E-state index contributed by atoms with van der Waals surface area (Å²) in [7, 11) is 1.32. The number of carbonyl (C=O) groups is 2. The summed E-state index contributed by atoms with van der Waals surface area (Å²) in [5.74, 6) is -0.459. The molecular formula is C10H14N2O3S. The molecule has 0 spiro atoms. The number of carbonyl (C=O) groups excluding carboxylic acids is 2. The van der Waals surface area contributed by atoms with E-state index >= 15 is 0 Å². The van der Waals surface area contributed by atoms with E-state index in [2.05, 4.69) is 15.0 Å². The van der Waals surface area contributed by atoms with Crippen molar-refractivity contribution in [2.75, 3.05) is 13.7 Å². The molecule has 6 heteroatoms. The molecule has 16 heavy (non-hydrogen) atoms. The van der Waals surface area contributed by atoms with Crippen molar-refractivity contribution in [3.05, 3.63) is 16.1 Å². The van der Waals surface area contributed by atoms with E-state index in [4.69, 9.17) is 0 Å². The molecule has 1 aromatic heterocycles. The van der Waals surface area contributed by atoms with E-state index in [1.165, 1.54) is 18.4 Å². The summed E-state index contributed by atoms with van der Waals surface area (Å²) < 4.78 is 4.45. The maximum atomic E-state index is 11.4. The number of aromatic nitrogens is 1. The number of thiazole rings is 1. The topological polar surface area (TPSA) is 68.3 Å². The Morgan fingerprint density at radius 3 is 2.88 bits per heavy atom. The minimum Gasteiger partial charge on any atom is -0.469 e. The van der Waals surface area contributed by atoms with Crippen LogP contribution in [0.5, 0.6) is 0 Å². The summed E-state index contributed by atoms with van der Waals surface area (Å²) in [5.41, 5.74) is 0.762. The molecule has 0 aliphatic carbocycles. The highest BCUT2D eigenvalue weighted by atomic mass is 32.1. The molecule has 1 aromatic rings. The number of esters is 1. The minimum absolute atomic E-state index is 0.130. The van der Waals surface area contributed by atoms with Gasteiger partial charge in [0, 0.05) is 11.9 Å². The fourth-order valence-corrected chi connectivity index (χ4v) is 1.74. The zero-order valence-corrected chi connectivity index (χ0v) is 10.1. The molecule has 0 fully saturated rings. The molecule has 0 bridgehead atoms. The molecule has 0 radical (unpaired) electrons. The van der Waals surface area contributed by atoms with Gasteiger partial charge in [-0.25, -0.2) is 4.98 Å². The summed E-state index contributed by atoms with van der Waals surface area (Å²) in [5, 5.41) is 5.43. The molecule has 0 saturated carbocycles. The molecule has 1 rings (SSSR count). The largest absolute Gasteiger partial charge is 0.469 e. The first-order valence-electron chi connectivity index (χ1n) is 4.86. The highest BCUT2D eigenvalue weighted by Gasteiger charge is 2.07. The van der Waals surface area contributed by atoms with Crippen molar-refractivity contribution >= 4 is 23.2 Å². The molecule has 5 nitrogen and oxygen atoms in total. The number of rotatable bonds is 5. The van der Waals surface area contributed by atoms with E-state index in [1.54, 1.807) is 0 Å². The normalized spacial score (nSPS) is 9.88. The lowest BCUT2D eigenvalue weighted by Crippen LogP contribution is -2.27. The van der Waals surface area contributed by atoms with Crippen LogP contribution in [0.25, 0.3) is 0 Å². The second-order valence-corrected chi connectivity index (χ2v) is 4.27. The highest BCUT2D eigenvalue weighted by Crippen LogP contribution is 2.08. The first-order chi connectivity index (χ1) is 7.61. The van der Waals surface area contributed by atoms with Crippen molar-refractivity contribution in [2.45, 2.75) is 19.8 Å². The van der Waals surface area contributed by atoms with Crippen molar-refractivity contribution in [2.24, 2.45) is 0 Å². The molecule has 1 heterocycles. The van der Waals surface area contributed by atoms with E-state index < -0.39 is 0 Å². The molecule has 1 amide bonds. The number of aryl methyl sites for hydroxylation is 1. The van der Waals surface area contributed by atoms with Crippen LogP contribution in [0.15, 0.2) is 5.38 Å². The molecule has 1 N–H and O–H groups in total. The maximum Gasteiger partial charge on any atom is 0.307 e. The van der Waals surface area contributed by atoms with Gasteiger partial charge in [-0.15, -0.1) is 11.3 Å². The molecule has 0 atom stereocenters. The third kappa shape index (κ3) is 4.39. The average molecular weight is 242 g/mol. The number of methoxy groups -OCH3 is 1. The maximum absolute atomic E-state index is 11.4. The van der Waals surface area contributed by atoms with Gasteiger partial charge in [0.1, 0.15) is 0 Å². The average Bonchev–Trinajstić information content (AvgIpc) is 2.63. The van der Waals surface area contributed by atoms with Crippen LogP contribution in [0.2, 0.25) is 0 Å². The standard InChI is InChI=1S/C10H14N2O3S/c1-7-12-8(6-16-7)5-9(13)11-4-3-10(14)15-2/h6H,3-5H2,1-2H3,(H,11,13). The Hall–Kier alpha value is -1.43. The molecule has 0 aliphatic rings. The van der Waals surface area contributed by atoms with Gasteiger partial charge in [0.2, 0.25) is 5.91 Å². The molecule has 0 unspecified atom stereocenters. The van der Waals surface area contributed by atoms with Crippen LogP contribution in [-0.4, -0.2) is 30.5 Å². The second kappa shape index (κ2) is 6.22. The Kier molecular flexibility index (Phi) is 4.91. The van der Waals surface area contributed by atoms with Crippen molar-refractivity contribution in [1.29, 1.82) is 0 Å². The van der Waals surface area contributed by atoms with Gasteiger partial charge in [-0.1, -0.05) is 0 Å². The van der Waals surface area contributed by atoms with Gasteiger partial charge < -0.3 is 10.1 Å². The number of nitrogens with zero attached hydrogens (tertiary/aromatic N) is 1. The number of amides is 1. The second-order valence-electron chi connectivity index (χ2n) is 3.21. The number of hydrogen-bond donors (Lipinski definition) is 1. The van der Waals surface area contributed by atoms with Gasteiger partial charge in [0.05, 0.1) is 30.7 Å². The van der Waals surface area contributed by atoms with E-state index in [9.17, 15) is 9.59 Å². The van der Waals surface area contributed by atoms with Crippen molar-refractivity contribution in [3.63, 3.8) is 0 Å². The summed E-state index contributed by atoms with van der Waals surface area (Å²) in [6.45, 7) is 2.19. The molecule has 0 aliphatic heterocycles. The van der Waals surface area contributed by atoms with Crippen LogP contribution in [0.3, 0.4) is 0 Å². The van der Waals surface area contributed by atoms with E-state index in [-0.39, 0.29) is 24.7 Å². The molecule has 88 valence electrons. The van der Waals surface area contributed by atoms with E-state index in [0.717, 1.165) is 10.7 Å². The fourth-order valence-electron chi connectivity index (χ4n) is 1.12. The molecule has 0 saturated heterocycles. The predicted octanol–water partition coefficient (Wildman–Crippen LogP) is 0.673. The summed E-state index contributed by atoms with van der Waals surface area (Å²) in [6, 6.07) is 0. The monoisotopic (exact) mass is 242 g/mol. The van der Waals surface area contributed by atoms with Crippen LogP contribution in [0.4, 0.5) is 0 Å². The summed E-state index contributed by atoms with van der Waals surface area (Å²) in [4.78, 5) is 26.3. The summed E-state index contributed by atoms with van der Waals surface area (Å²) in [6.07, 6.45) is 0.448. The van der Waals surface area contributed by atoms with Crippen LogP contribution in [0.1, 0.15) is 17.1 Å². The summed E-state index contributed by atoms with van der Waals surface area (Å²) >= 11 is 1.51. The predicted molar refractivity (Wildman–Crippen MR) is 60.2 cm³/mol. The van der Waals surface area contributed by atoms with Crippen molar-refractivity contribution in [1.82, 2.24) is 10.3 Å². The van der Waals surface area contributed by atoms with Gasteiger partial charge in [-0.2, -0.15) is 0 Å². The Balaban J connectivity index is 2.23. The first-order valence-corrected chi connectivity index (χ1v) is 5.74. The molecule has 0 aromatic carbocycles. The molecular weight excluding hydrogens is 228 g/mol. The smallest absolute Gasteiger partial charge is 0.307 e. The Bertz CT molecular complexity index is 376. The van der Waals surface area contributed by atoms with Crippen LogP contribution in [0, 0.1) is 6.92 Å². The lowest BCUT2D eigenvalue weighted by atomic mass is 10.3. The minimum atomic E-state index is -0.329. The van der Waals surface area contributed by atoms with E-state index in [1.807, 2.05) is 12.3 Å². The van der Waals surface area contributed by atoms with Gasteiger partial charge in [0.15, 0.2) is 0 Å². The Morgan fingerprint density at radius 2 is 2.31 bits per heavy atom. The first kappa shape index (κ1) is 12.6. The number of nitrogens with one attached hydrogen (secondary N) is 1. The van der Waals surface area contributed by atoms with Gasteiger partial charge in [-0.05, 0) is 6.92 Å². The van der Waals surface area contributed by atoms with E-state index in [0.29, 0.717) is 6.54 Å². The highest BCUT2D eigenvalue weighted by molar-refractivity contribution is 7.09. The Labute approximate surface area is 97.8 Å². The SMILES string of the molecule is COC(=O)CCNC(=O)Cc1csc(C)n1. The Morgan fingerprint density at radius 1 is 1.56 bits per heavy atom. The van der Waals surface area contributed by atoms with Crippen LogP contribution < -0.4 is 5.32 Å². The van der Waals surface area contributed by atoms with Crippen LogP contribution >= 0.6 is 11.3 Å². The number of ether oxygens (including phenoxy) is 1. The quantitative estimate of drug-likeness (QED) is 0.771. The van der Waals surface area contributed by atoms with Crippen LogP contribution in [-0.2, 0) is 20.7 Å². The van der Waals surface area contributed by atoms with Gasteiger partial charge in [-0.3, -0.25) is 9.59 Å².